The number of hydrogen-bond donors (Lipinski definition) is 1. The van der Waals surface area contributed by atoms with E-state index >= 15 is 0 Å². The van der Waals surface area contributed by atoms with Crippen molar-refractivity contribution in [2.75, 3.05) is 12.4 Å². The van der Waals surface area contributed by atoms with Crippen LogP contribution in [0.25, 0.3) is 16.8 Å². The highest BCUT2D eigenvalue weighted by Gasteiger charge is 2.07. The van der Waals surface area contributed by atoms with Gasteiger partial charge in [0.25, 0.3) is 0 Å². The molecule has 0 aliphatic rings. The van der Waals surface area contributed by atoms with Crippen LogP contribution in [0.5, 0.6) is 0 Å². The molecule has 0 saturated heterocycles. The fourth-order valence-corrected chi connectivity index (χ4v) is 3.63. The summed E-state index contributed by atoms with van der Waals surface area (Å²) < 4.78 is 0. The lowest BCUT2D eigenvalue weighted by Gasteiger charge is -2.09. The summed E-state index contributed by atoms with van der Waals surface area (Å²) in [6.07, 6.45) is 2.02. The molecular weight excluding hydrogens is 402 g/mol. The molecule has 0 spiro atoms. The van der Waals surface area contributed by atoms with Crippen molar-refractivity contribution in [3.05, 3.63) is 132 Å². The first-order chi connectivity index (χ1) is 16.3. The number of rotatable bonds is 8. The van der Waals surface area contributed by atoms with Crippen molar-refractivity contribution in [3.63, 3.8) is 0 Å². The minimum atomic E-state index is 0.590. The van der Waals surface area contributed by atoms with Crippen LogP contribution in [0, 0.1) is 0 Å². The van der Waals surface area contributed by atoms with Crippen molar-refractivity contribution >= 4 is 23.8 Å². The smallest absolute Gasteiger partial charge is 0.0716 e. The molecule has 0 heterocycles. The first kappa shape index (κ1) is 22.0. The van der Waals surface area contributed by atoms with Crippen molar-refractivity contribution in [3.8, 4) is 11.1 Å². The van der Waals surface area contributed by atoms with Crippen molar-refractivity contribution in [1.29, 1.82) is 0 Å². The molecule has 0 saturated carbocycles. The molecule has 0 fully saturated rings. The van der Waals surface area contributed by atoms with Gasteiger partial charge < -0.3 is 5.32 Å². The summed E-state index contributed by atoms with van der Waals surface area (Å²) in [6.45, 7) is 4.39. The van der Waals surface area contributed by atoms with Gasteiger partial charge in [-0.3, -0.25) is 9.98 Å². The van der Waals surface area contributed by atoms with Crippen LogP contribution < -0.4 is 5.32 Å². The van der Waals surface area contributed by atoms with E-state index in [2.05, 4.69) is 77.7 Å². The van der Waals surface area contributed by atoms with Gasteiger partial charge in [0.15, 0.2) is 0 Å². The summed E-state index contributed by atoms with van der Waals surface area (Å²) in [5, 5.41) is 3.17. The van der Waals surface area contributed by atoms with E-state index in [9.17, 15) is 0 Å². The molecular formula is C30H27N3. The van der Waals surface area contributed by atoms with E-state index in [1.807, 2.05) is 61.7 Å². The number of allylic oxidation sites excluding steroid dienone is 1. The van der Waals surface area contributed by atoms with Crippen LogP contribution in [0.4, 0.5) is 5.69 Å². The Bertz CT molecular complexity index is 1250. The molecule has 0 unspecified atom stereocenters. The SMILES string of the molecule is C=N/C(=C\C(=NCc1ccccc1)c1cccc(-c2ccc(NC)cc2)c1)c1ccccc1. The Hall–Kier alpha value is -4.24. The molecule has 4 aromatic rings. The number of anilines is 1. The number of aliphatic imine (C=N–C) groups is 2. The lowest BCUT2D eigenvalue weighted by molar-refractivity contribution is 1.07. The maximum atomic E-state index is 4.98. The topological polar surface area (TPSA) is 36.8 Å². The predicted octanol–water partition coefficient (Wildman–Crippen LogP) is 7.13. The van der Waals surface area contributed by atoms with Crippen LogP contribution in [-0.2, 0) is 6.54 Å². The molecule has 162 valence electrons. The Balaban J connectivity index is 1.75. The number of nitrogens with zero attached hydrogens (tertiary/aromatic N) is 2. The zero-order valence-electron chi connectivity index (χ0n) is 18.8. The van der Waals surface area contributed by atoms with E-state index in [0.29, 0.717) is 6.54 Å². The van der Waals surface area contributed by atoms with Crippen LogP contribution in [0.15, 0.2) is 125 Å². The monoisotopic (exact) mass is 429 g/mol. The minimum Gasteiger partial charge on any atom is -0.388 e. The lowest BCUT2D eigenvalue weighted by atomic mass is 9.99. The van der Waals surface area contributed by atoms with Gasteiger partial charge in [-0.05, 0) is 47.7 Å². The molecule has 0 aromatic heterocycles. The zero-order valence-corrected chi connectivity index (χ0v) is 18.8. The first-order valence-electron chi connectivity index (χ1n) is 11.0. The Morgan fingerprint density at radius 3 is 2.09 bits per heavy atom. The summed E-state index contributed by atoms with van der Waals surface area (Å²) in [7, 11) is 1.93. The minimum absolute atomic E-state index is 0.590. The van der Waals surface area contributed by atoms with E-state index in [0.717, 1.165) is 44.9 Å². The summed E-state index contributed by atoms with van der Waals surface area (Å²) in [5.74, 6) is 0. The zero-order chi connectivity index (χ0) is 22.9. The second-order valence-electron chi connectivity index (χ2n) is 7.65. The summed E-state index contributed by atoms with van der Waals surface area (Å²) >= 11 is 0. The standard InChI is InChI=1S/C30H27N3/c1-31-28-18-16-24(17-19-28)26-14-9-15-27(20-26)30(33-22-23-10-5-3-6-11-23)21-29(32-2)25-12-7-4-8-13-25/h3-21,31H,2,22H2,1H3/b29-21-,33-30?. The fourth-order valence-electron chi connectivity index (χ4n) is 3.63. The van der Waals surface area contributed by atoms with Gasteiger partial charge in [-0.25, -0.2) is 0 Å². The Kier molecular flexibility index (Phi) is 7.24. The van der Waals surface area contributed by atoms with E-state index in [4.69, 9.17) is 4.99 Å². The molecule has 1 N–H and O–H groups in total. The Morgan fingerprint density at radius 2 is 1.42 bits per heavy atom. The van der Waals surface area contributed by atoms with Crippen molar-refractivity contribution < 1.29 is 0 Å². The second kappa shape index (κ2) is 10.9. The van der Waals surface area contributed by atoms with Crippen LogP contribution in [0.3, 0.4) is 0 Å². The summed E-state index contributed by atoms with van der Waals surface area (Å²) in [5.41, 5.74) is 8.28. The maximum Gasteiger partial charge on any atom is 0.0716 e. The maximum absolute atomic E-state index is 4.98. The highest BCUT2D eigenvalue weighted by molar-refractivity contribution is 6.12. The fraction of sp³-hybridized carbons (Fsp3) is 0.0667. The molecule has 0 bridgehead atoms. The third kappa shape index (κ3) is 5.72. The van der Waals surface area contributed by atoms with Crippen molar-refractivity contribution in [2.24, 2.45) is 9.98 Å². The van der Waals surface area contributed by atoms with Crippen molar-refractivity contribution in [2.45, 2.75) is 6.54 Å². The number of hydrogen-bond acceptors (Lipinski definition) is 3. The summed E-state index contributed by atoms with van der Waals surface area (Å²) in [4.78, 5) is 9.28. The van der Waals surface area contributed by atoms with E-state index in [-0.39, 0.29) is 0 Å². The van der Waals surface area contributed by atoms with Crippen LogP contribution in [0.2, 0.25) is 0 Å². The average Bonchev–Trinajstić information content (AvgIpc) is 2.90. The Labute approximate surface area is 195 Å². The third-order valence-electron chi connectivity index (χ3n) is 5.45. The molecule has 3 nitrogen and oxygen atoms in total. The van der Waals surface area contributed by atoms with Gasteiger partial charge >= 0.3 is 0 Å². The second-order valence-corrected chi connectivity index (χ2v) is 7.65. The lowest BCUT2D eigenvalue weighted by Crippen LogP contribution is -2.00. The highest BCUT2D eigenvalue weighted by atomic mass is 14.8. The number of benzene rings is 4. The largest absolute Gasteiger partial charge is 0.388 e. The average molecular weight is 430 g/mol. The molecule has 4 rings (SSSR count). The van der Waals surface area contributed by atoms with Crippen LogP contribution in [-0.4, -0.2) is 19.5 Å². The summed E-state index contributed by atoms with van der Waals surface area (Å²) in [6, 6.07) is 37.3. The van der Waals surface area contributed by atoms with E-state index in [1.54, 1.807) is 0 Å². The predicted molar refractivity (Wildman–Crippen MR) is 142 cm³/mol. The van der Waals surface area contributed by atoms with Crippen molar-refractivity contribution in [1.82, 2.24) is 0 Å². The van der Waals surface area contributed by atoms with Gasteiger partial charge in [-0.15, -0.1) is 0 Å². The van der Waals surface area contributed by atoms with Gasteiger partial charge in [0.2, 0.25) is 0 Å². The molecule has 3 heteroatoms. The molecule has 33 heavy (non-hydrogen) atoms. The van der Waals surface area contributed by atoms with Crippen LogP contribution in [0.1, 0.15) is 16.7 Å². The molecule has 0 aliphatic carbocycles. The molecule has 0 aliphatic heterocycles. The van der Waals surface area contributed by atoms with E-state index < -0.39 is 0 Å². The van der Waals surface area contributed by atoms with Gasteiger partial charge in [0, 0.05) is 23.9 Å². The molecule has 0 atom stereocenters. The number of nitrogens with one attached hydrogen (secondary N) is 1. The van der Waals surface area contributed by atoms with Gasteiger partial charge in [-0.1, -0.05) is 91.0 Å². The quantitative estimate of drug-likeness (QED) is 0.297. The first-order valence-corrected chi connectivity index (χ1v) is 11.0. The Morgan fingerprint density at radius 1 is 0.758 bits per heavy atom. The van der Waals surface area contributed by atoms with Gasteiger partial charge in [-0.2, -0.15) is 0 Å². The van der Waals surface area contributed by atoms with Gasteiger partial charge in [0.05, 0.1) is 18.0 Å². The highest BCUT2D eigenvalue weighted by Crippen LogP contribution is 2.24. The molecule has 0 radical (unpaired) electrons. The third-order valence-corrected chi connectivity index (χ3v) is 5.45. The van der Waals surface area contributed by atoms with E-state index in [1.165, 1.54) is 0 Å². The van der Waals surface area contributed by atoms with Crippen LogP contribution >= 0.6 is 0 Å². The molecule has 4 aromatic carbocycles. The normalized spacial score (nSPS) is 11.8. The van der Waals surface area contributed by atoms with Gasteiger partial charge in [0.1, 0.15) is 0 Å². The molecule has 0 amide bonds.